The van der Waals surface area contributed by atoms with Crippen molar-refractivity contribution in [2.45, 2.75) is 57.8 Å². The summed E-state index contributed by atoms with van der Waals surface area (Å²) >= 11 is 0. The molecule has 6 heteroatoms. The van der Waals surface area contributed by atoms with Gasteiger partial charge < -0.3 is 15.3 Å². The highest BCUT2D eigenvalue weighted by molar-refractivity contribution is 6.00. The number of pyridine rings is 1. The fourth-order valence-corrected chi connectivity index (χ4v) is 5.23. The molecule has 0 amide bonds. The molecule has 0 radical (unpaired) electrons. The highest BCUT2D eigenvalue weighted by Crippen LogP contribution is 2.37. The molecule has 35 heavy (non-hydrogen) atoms. The predicted octanol–water partition coefficient (Wildman–Crippen LogP) is 5.75. The van der Waals surface area contributed by atoms with Crippen LogP contribution in [-0.4, -0.2) is 27.0 Å². The third-order valence-electron chi connectivity index (χ3n) is 7.39. The van der Waals surface area contributed by atoms with Crippen LogP contribution in [0.4, 0.5) is 0 Å². The number of aryl methyl sites for hydroxylation is 2. The number of aromatic amines is 1. The Hall–Kier alpha value is -3.67. The normalized spacial score (nSPS) is 19.3. The lowest BCUT2D eigenvalue weighted by Gasteiger charge is -2.27. The average Bonchev–Trinajstić information content (AvgIpc) is 2.87. The van der Waals surface area contributed by atoms with E-state index in [1.54, 1.807) is 19.2 Å². The smallest absolute Gasteiger partial charge is 0.306 e. The first-order valence-corrected chi connectivity index (χ1v) is 12.2. The van der Waals surface area contributed by atoms with Crippen LogP contribution in [0.2, 0.25) is 0 Å². The van der Waals surface area contributed by atoms with Gasteiger partial charge in [-0.05, 0) is 73.8 Å². The number of carboxylic acids is 1. The van der Waals surface area contributed by atoms with E-state index in [0.717, 1.165) is 42.4 Å². The molecule has 1 aliphatic rings. The molecular weight excluding hydrogens is 440 g/mol. The second kappa shape index (κ2) is 10.7. The minimum Gasteiger partial charge on any atom is -0.481 e. The Kier molecular flexibility index (Phi) is 7.49. The highest BCUT2D eigenvalue weighted by atomic mass is 16.4. The number of carboxylic acid groups (broad SMARTS) is 1. The maximum absolute atomic E-state index is 11.8. The standard InChI is InChI=1S/C29H32N2O4/c1-18-5-3-4-6-25(18)26(16-27(31-35)24-15-19(2)28(32)30-17-24)22-11-7-20(8-12-22)21-9-13-23(14-10-21)29(33)34/h3-8,11-12,15,17,21,23,26,35H,9-10,13-14,16H2,1-2H3,(H,30,32)(H,33,34)/b31-27+/t21?,23?,26-/m0/s1. The predicted molar refractivity (Wildman–Crippen MR) is 137 cm³/mol. The van der Waals surface area contributed by atoms with Gasteiger partial charge in [0.25, 0.3) is 5.56 Å². The molecule has 0 saturated heterocycles. The molecule has 182 valence electrons. The maximum Gasteiger partial charge on any atom is 0.306 e. The monoisotopic (exact) mass is 472 g/mol. The molecule has 3 N–H and O–H groups in total. The minimum atomic E-state index is -0.682. The number of H-pyrrole nitrogens is 1. The van der Waals surface area contributed by atoms with Crippen molar-refractivity contribution < 1.29 is 15.1 Å². The summed E-state index contributed by atoms with van der Waals surface area (Å²) in [4.78, 5) is 25.8. The molecule has 1 aliphatic carbocycles. The van der Waals surface area contributed by atoms with Crippen LogP contribution in [0, 0.1) is 19.8 Å². The van der Waals surface area contributed by atoms with E-state index in [4.69, 9.17) is 0 Å². The summed E-state index contributed by atoms with van der Waals surface area (Å²) in [7, 11) is 0. The summed E-state index contributed by atoms with van der Waals surface area (Å²) in [6.45, 7) is 3.82. The van der Waals surface area contributed by atoms with Crippen molar-refractivity contribution in [1.82, 2.24) is 4.98 Å². The van der Waals surface area contributed by atoms with Crippen LogP contribution in [0.15, 0.2) is 70.7 Å². The zero-order valence-corrected chi connectivity index (χ0v) is 20.2. The Labute approximate surface area is 205 Å². The minimum absolute atomic E-state index is 0.0360. The number of nitrogens with one attached hydrogen (secondary N) is 1. The molecule has 1 atom stereocenters. The molecule has 6 nitrogen and oxygen atoms in total. The summed E-state index contributed by atoms with van der Waals surface area (Å²) in [5, 5.41) is 22.8. The highest BCUT2D eigenvalue weighted by Gasteiger charge is 2.27. The summed E-state index contributed by atoms with van der Waals surface area (Å²) in [6, 6.07) is 18.6. The molecule has 3 aromatic rings. The number of rotatable bonds is 7. The molecule has 1 heterocycles. The Bertz CT molecular complexity index is 1270. The van der Waals surface area contributed by atoms with Crippen molar-refractivity contribution in [1.29, 1.82) is 0 Å². The maximum atomic E-state index is 11.8. The first kappa shape index (κ1) is 24.5. The van der Waals surface area contributed by atoms with Crippen molar-refractivity contribution in [3.8, 4) is 0 Å². The van der Waals surface area contributed by atoms with E-state index < -0.39 is 5.97 Å². The summed E-state index contributed by atoms with van der Waals surface area (Å²) in [6.07, 6.45) is 5.30. The number of aliphatic carboxylic acids is 1. The fourth-order valence-electron chi connectivity index (χ4n) is 5.23. The first-order valence-electron chi connectivity index (χ1n) is 12.2. The zero-order chi connectivity index (χ0) is 24.9. The summed E-state index contributed by atoms with van der Waals surface area (Å²) < 4.78 is 0. The van der Waals surface area contributed by atoms with Crippen LogP contribution in [0.1, 0.15) is 77.3 Å². The third kappa shape index (κ3) is 5.53. The van der Waals surface area contributed by atoms with Crippen LogP contribution in [0.3, 0.4) is 0 Å². The number of benzene rings is 2. The van der Waals surface area contributed by atoms with Crippen molar-refractivity contribution in [2.75, 3.05) is 0 Å². The van der Waals surface area contributed by atoms with Gasteiger partial charge in [-0.3, -0.25) is 9.59 Å². The largest absolute Gasteiger partial charge is 0.481 e. The van der Waals surface area contributed by atoms with Crippen LogP contribution >= 0.6 is 0 Å². The number of hydrogen-bond acceptors (Lipinski definition) is 4. The van der Waals surface area contributed by atoms with E-state index in [0.29, 0.717) is 29.2 Å². The van der Waals surface area contributed by atoms with Gasteiger partial charge in [0, 0.05) is 29.7 Å². The second-order valence-electron chi connectivity index (χ2n) is 9.61. The van der Waals surface area contributed by atoms with E-state index in [2.05, 4.69) is 53.5 Å². The van der Waals surface area contributed by atoms with Crippen molar-refractivity contribution >= 4 is 11.7 Å². The van der Waals surface area contributed by atoms with Gasteiger partial charge >= 0.3 is 5.97 Å². The van der Waals surface area contributed by atoms with Crippen LogP contribution < -0.4 is 5.56 Å². The van der Waals surface area contributed by atoms with Gasteiger partial charge in [0.05, 0.1) is 11.6 Å². The molecule has 0 bridgehead atoms. The molecule has 0 unspecified atom stereocenters. The average molecular weight is 473 g/mol. The number of hydrogen-bond donors (Lipinski definition) is 3. The Morgan fingerprint density at radius 1 is 1.03 bits per heavy atom. The van der Waals surface area contributed by atoms with Crippen molar-refractivity contribution in [2.24, 2.45) is 11.1 Å². The molecule has 1 fully saturated rings. The van der Waals surface area contributed by atoms with Gasteiger partial charge in [-0.2, -0.15) is 0 Å². The van der Waals surface area contributed by atoms with Gasteiger partial charge in [-0.1, -0.05) is 53.7 Å². The quantitative estimate of drug-likeness (QED) is 0.231. The second-order valence-corrected chi connectivity index (χ2v) is 9.61. The Balaban J connectivity index is 1.62. The molecule has 0 spiro atoms. The number of oxime groups is 1. The topological polar surface area (TPSA) is 103 Å². The van der Waals surface area contributed by atoms with Crippen molar-refractivity contribution in [3.63, 3.8) is 0 Å². The van der Waals surface area contributed by atoms with Crippen LogP contribution in [0.5, 0.6) is 0 Å². The summed E-state index contributed by atoms with van der Waals surface area (Å²) in [5.41, 5.74) is 6.28. The SMILES string of the molecule is Cc1ccccc1[C@@H](C/C(=N\O)c1c[nH]c(=O)c(C)c1)c1ccc(C2CCC(C(=O)O)CC2)cc1. The van der Waals surface area contributed by atoms with Gasteiger partial charge in [0.15, 0.2) is 0 Å². The van der Waals surface area contributed by atoms with Gasteiger partial charge in [-0.15, -0.1) is 0 Å². The van der Waals surface area contributed by atoms with E-state index in [1.165, 1.54) is 5.56 Å². The molecule has 1 aromatic heterocycles. The molecule has 1 saturated carbocycles. The number of carbonyl (C=O) groups is 1. The molecular formula is C29H32N2O4. The molecule has 0 aliphatic heterocycles. The number of aromatic nitrogens is 1. The molecule has 4 rings (SSSR count). The van der Waals surface area contributed by atoms with Crippen LogP contribution in [-0.2, 0) is 4.79 Å². The first-order chi connectivity index (χ1) is 16.9. The third-order valence-corrected chi connectivity index (χ3v) is 7.39. The van der Waals surface area contributed by atoms with Gasteiger partial charge in [0.1, 0.15) is 0 Å². The van der Waals surface area contributed by atoms with E-state index in [1.807, 2.05) is 12.1 Å². The van der Waals surface area contributed by atoms with Gasteiger partial charge in [0.2, 0.25) is 0 Å². The Morgan fingerprint density at radius 3 is 2.31 bits per heavy atom. The van der Waals surface area contributed by atoms with E-state index >= 15 is 0 Å². The van der Waals surface area contributed by atoms with E-state index in [-0.39, 0.29) is 17.4 Å². The fraction of sp³-hybridized carbons (Fsp3) is 0.345. The lowest BCUT2D eigenvalue weighted by molar-refractivity contribution is -0.142. The van der Waals surface area contributed by atoms with Gasteiger partial charge in [-0.25, -0.2) is 0 Å². The summed E-state index contributed by atoms with van der Waals surface area (Å²) in [5.74, 6) is -0.552. The van der Waals surface area contributed by atoms with Crippen molar-refractivity contribution in [3.05, 3.63) is 105 Å². The lowest BCUT2D eigenvalue weighted by atomic mass is 9.78. The molecule has 2 aromatic carbocycles. The number of nitrogens with zero attached hydrogens (tertiary/aromatic N) is 1. The zero-order valence-electron chi connectivity index (χ0n) is 20.2. The lowest BCUT2D eigenvalue weighted by Crippen LogP contribution is -2.20. The van der Waals surface area contributed by atoms with E-state index in [9.17, 15) is 19.9 Å². The van der Waals surface area contributed by atoms with Crippen LogP contribution in [0.25, 0.3) is 0 Å². The Morgan fingerprint density at radius 2 is 1.71 bits per heavy atom.